The quantitative estimate of drug-likeness (QED) is 0.514. The van der Waals surface area contributed by atoms with E-state index < -0.39 is 0 Å². The normalized spacial score (nSPS) is 25.2. The van der Waals surface area contributed by atoms with Crippen molar-refractivity contribution in [1.29, 1.82) is 0 Å². The second-order valence-electron chi connectivity index (χ2n) is 10.8. The van der Waals surface area contributed by atoms with Crippen molar-refractivity contribution >= 4 is 11.6 Å². The van der Waals surface area contributed by atoms with E-state index in [0.717, 1.165) is 43.7 Å². The number of aliphatic hydroxyl groups is 1. The van der Waals surface area contributed by atoms with Crippen LogP contribution in [0.2, 0.25) is 0 Å². The van der Waals surface area contributed by atoms with Crippen molar-refractivity contribution in [2.45, 2.75) is 76.9 Å². The number of carbonyl (C=O) groups is 1. The molecule has 0 aliphatic carbocycles. The number of aryl methyl sites for hydroxylation is 1. The molecule has 2 fully saturated rings. The van der Waals surface area contributed by atoms with Crippen LogP contribution >= 0.6 is 0 Å². The zero-order chi connectivity index (χ0) is 25.0. The minimum absolute atomic E-state index is 0.0320. The first-order chi connectivity index (χ1) is 16.8. The van der Waals surface area contributed by atoms with Crippen LogP contribution in [0.3, 0.4) is 0 Å². The summed E-state index contributed by atoms with van der Waals surface area (Å²) in [6.45, 7) is 7.86. The minimum atomic E-state index is -0.0943. The Balaban J connectivity index is 1.43. The highest BCUT2D eigenvalue weighted by molar-refractivity contribution is 5.93. The van der Waals surface area contributed by atoms with Gasteiger partial charge in [-0.1, -0.05) is 45.0 Å². The van der Waals surface area contributed by atoms with Crippen LogP contribution in [0.1, 0.15) is 64.0 Å². The van der Waals surface area contributed by atoms with E-state index in [0.29, 0.717) is 24.7 Å². The summed E-state index contributed by atoms with van der Waals surface area (Å²) in [5.74, 6) is 1.77. The molecule has 2 aromatic rings. The average Bonchev–Trinajstić information content (AvgIpc) is 3.19. The number of anilines is 1. The van der Waals surface area contributed by atoms with Gasteiger partial charge in [-0.05, 0) is 84.7 Å². The van der Waals surface area contributed by atoms with E-state index in [9.17, 15) is 9.90 Å². The number of piperidine rings is 1. The molecule has 1 N–H and O–H groups in total. The number of benzene rings is 2. The van der Waals surface area contributed by atoms with Crippen molar-refractivity contribution < 1.29 is 19.4 Å². The van der Waals surface area contributed by atoms with Crippen LogP contribution < -0.4 is 9.64 Å². The Bertz CT molecular complexity index is 969. The van der Waals surface area contributed by atoms with Gasteiger partial charge >= 0.3 is 0 Å². The summed E-state index contributed by atoms with van der Waals surface area (Å²) in [5, 5.41) is 9.76. The molecule has 35 heavy (non-hydrogen) atoms. The van der Waals surface area contributed by atoms with Gasteiger partial charge in [0.05, 0.1) is 19.3 Å². The number of methoxy groups -OCH3 is 1. The Hall–Kier alpha value is -2.37. The van der Waals surface area contributed by atoms with E-state index in [1.54, 1.807) is 7.11 Å². The van der Waals surface area contributed by atoms with E-state index in [4.69, 9.17) is 9.47 Å². The third-order valence-corrected chi connectivity index (χ3v) is 8.27. The average molecular weight is 480 g/mol. The molecule has 2 aromatic carbocycles. The van der Waals surface area contributed by atoms with Crippen molar-refractivity contribution in [2.75, 3.05) is 25.2 Å². The van der Waals surface area contributed by atoms with Crippen LogP contribution in [0.15, 0.2) is 48.5 Å². The van der Waals surface area contributed by atoms with Crippen LogP contribution in [0, 0.1) is 11.8 Å². The molecule has 2 saturated heterocycles. The van der Waals surface area contributed by atoms with E-state index in [2.05, 4.69) is 57.2 Å². The molecule has 0 radical (unpaired) electrons. The van der Waals surface area contributed by atoms with Crippen molar-refractivity contribution in [3.63, 3.8) is 0 Å². The third kappa shape index (κ3) is 5.57. The summed E-state index contributed by atoms with van der Waals surface area (Å²) in [5.41, 5.74) is 3.45. The van der Waals surface area contributed by atoms with Crippen LogP contribution in [-0.2, 0) is 21.4 Å². The van der Waals surface area contributed by atoms with E-state index in [1.165, 1.54) is 11.1 Å². The molecule has 1 amide bonds. The zero-order valence-corrected chi connectivity index (χ0v) is 21.7. The molecule has 5 nitrogen and oxygen atoms in total. The zero-order valence-electron chi connectivity index (χ0n) is 21.7. The number of amides is 1. The maximum atomic E-state index is 12.2. The maximum absolute atomic E-state index is 12.2. The van der Waals surface area contributed by atoms with Gasteiger partial charge < -0.3 is 19.5 Å². The summed E-state index contributed by atoms with van der Waals surface area (Å²) in [4.78, 5) is 14.1. The molecule has 0 bridgehead atoms. The Morgan fingerprint density at radius 2 is 1.74 bits per heavy atom. The number of aliphatic hydroxyl groups excluding tert-OH is 1. The lowest BCUT2D eigenvalue weighted by Gasteiger charge is -2.38. The largest absolute Gasteiger partial charge is 0.497 e. The first-order valence-electron chi connectivity index (χ1n) is 13.1. The Labute approximate surface area is 210 Å². The molecule has 0 spiro atoms. The highest BCUT2D eigenvalue weighted by Crippen LogP contribution is 2.47. The number of carbonyl (C=O) groups excluding carboxylic acids is 1. The standard InChI is InChI=1S/C30H41NO4/c1-21-26(17-10-22-8-13-24(14-9-22)31-19-6-5-7-28(31)33)35-27(18-20-32)29(21)30(2,3)23-11-15-25(34-4)16-12-23/h8-9,11-16,21,26-27,29,32H,5-7,10,17-20H2,1-4H3/t21-,26+,27-,29+/m1/s1. The van der Waals surface area contributed by atoms with Gasteiger partial charge in [-0.25, -0.2) is 0 Å². The lowest BCUT2D eigenvalue weighted by atomic mass is 9.65. The van der Waals surface area contributed by atoms with Gasteiger partial charge in [-0.3, -0.25) is 4.79 Å². The molecule has 0 aromatic heterocycles. The molecule has 0 saturated carbocycles. The lowest BCUT2D eigenvalue weighted by Crippen LogP contribution is -2.38. The Kier molecular flexibility index (Phi) is 8.18. The van der Waals surface area contributed by atoms with Gasteiger partial charge in [0, 0.05) is 25.3 Å². The van der Waals surface area contributed by atoms with Gasteiger partial charge in [0.2, 0.25) is 5.91 Å². The monoisotopic (exact) mass is 479 g/mol. The van der Waals surface area contributed by atoms with Gasteiger partial charge in [-0.2, -0.15) is 0 Å². The number of nitrogens with zero attached hydrogens (tertiary/aromatic N) is 1. The summed E-state index contributed by atoms with van der Waals surface area (Å²) in [6, 6.07) is 16.8. The van der Waals surface area contributed by atoms with Crippen molar-refractivity contribution in [2.24, 2.45) is 11.8 Å². The molecule has 2 aliphatic rings. The lowest BCUT2D eigenvalue weighted by molar-refractivity contribution is -0.119. The Morgan fingerprint density at radius 3 is 2.37 bits per heavy atom. The molecule has 190 valence electrons. The molecule has 4 atom stereocenters. The van der Waals surface area contributed by atoms with Crippen molar-refractivity contribution in [3.05, 3.63) is 59.7 Å². The second kappa shape index (κ2) is 11.1. The molecule has 4 rings (SSSR count). The SMILES string of the molecule is COc1ccc(C(C)(C)[C@H]2[C@H](C)[C@H](CCc3ccc(N4CCCCC4=O)cc3)O[C@@H]2CCO)cc1. The predicted octanol–water partition coefficient (Wildman–Crippen LogP) is 5.52. The summed E-state index contributed by atoms with van der Waals surface area (Å²) in [6.07, 6.45) is 5.45. The van der Waals surface area contributed by atoms with E-state index in [-0.39, 0.29) is 30.1 Å². The Morgan fingerprint density at radius 1 is 1.03 bits per heavy atom. The summed E-state index contributed by atoms with van der Waals surface area (Å²) >= 11 is 0. The predicted molar refractivity (Wildman–Crippen MR) is 140 cm³/mol. The second-order valence-corrected chi connectivity index (χ2v) is 10.8. The number of hydrogen-bond acceptors (Lipinski definition) is 4. The van der Waals surface area contributed by atoms with Crippen LogP contribution in [-0.4, -0.2) is 43.5 Å². The van der Waals surface area contributed by atoms with E-state index in [1.807, 2.05) is 17.0 Å². The first-order valence-corrected chi connectivity index (χ1v) is 13.1. The van der Waals surface area contributed by atoms with Crippen molar-refractivity contribution in [1.82, 2.24) is 0 Å². The molecular formula is C30H41NO4. The minimum Gasteiger partial charge on any atom is -0.497 e. The smallest absolute Gasteiger partial charge is 0.226 e. The third-order valence-electron chi connectivity index (χ3n) is 8.27. The number of rotatable bonds is 9. The van der Waals surface area contributed by atoms with Gasteiger partial charge in [0.1, 0.15) is 5.75 Å². The van der Waals surface area contributed by atoms with Gasteiger partial charge in [0.25, 0.3) is 0 Å². The number of ether oxygens (including phenoxy) is 2. The molecule has 2 aliphatic heterocycles. The first kappa shape index (κ1) is 25.7. The summed E-state index contributed by atoms with van der Waals surface area (Å²) in [7, 11) is 1.69. The molecule has 0 unspecified atom stereocenters. The summed E-state index contributed by atoms with van der Waals surface area (Å²) < 4.78 is 11.9. The molecule has 5 heteroatoms. The van der Waals surface area contributed by atoms with E-state index >= 15 is 0 Å². The fourth-order valence-electron chi connectivity index (χ4n) is 6.27. The molecule has 2 heterocycles. The maximum Gasteiger partial charge on any atom is 0.226 e. The fraction of sp³-hybridized carbons (Fsp3) is 0.567. The van der Waals surface area contributed by atoms with Crippen LogP contribution in [0.25, 0.3) is 0 Å². The topological polar surface area (TPSA) is 59.0 Å². The highest BCUT2D eigenvalue weighted by Gasteiger charge is 2.49. The van der Waals surface area contributed by atoms with Gasteiger partial charge in [-0.15, -0.1) is 0 Å². The van der Waals surface area contributed by atoms with Crippen molar-refractivity contribution in [3.8, 4) is 5.75 Å². The van der Waals surface area contributed by atoms with Gasteiger partial charge in [0.15, 0.2) is 0 Å². The van der Waals surface area contributed by atoms with Crippen LogP contribution in [0.5, 0.6) is 5.75 Å². The fourth-order valence-corrected chi connectivity index (χ4v) is 6.27. The molecular weight excluding hydrogens is 438 g/mol. The van der Waals surface area contributed by atoms with Crippen LogP contribution in [0.4, 0.5) is 5.69 Å². The highest BCUT2D eigenvalue weighted by atomic mass is 16.5. The number of hydrogen-bond donors (Lipinski definition) is 1.